The Kier molecular flexibility index (Phi) is 5.59. The number of ether oxygens (including phenoxy) is 1. The van der Waals surface area contributed by atoms with E-state index in [0.717, 1.165) is 16.8 Å². The number of methoxy groups -OCH3 is 1. The Morgan fingerprint density at radius 2 is 2.04 bits per heavy atom. The second kappa shape index (κ2) is 7.47. The molecule has 3 aromatic rings. The molecule has 0 spiro atoms. The first-order chi connectivity index (χ1) is 11.1. The molecule has 5 nitrogen and oxygen atoms in total. The maximum atomic E-state index is 12.1. The first-order valence-electron chi connectivity index (χ1n) is 6.96. The maximum absolute atomic E-state index is 12.1. The molecule has 1 N–H and O–H groups in total. The van der Waals surface area contributed by atoms with Gasteiger partial charge in [-0.15, -0.1) is 12.4 Å². The number of benzene rings is 1. The van der Waals surface area contributed by atoms with Gasteiger partial charge in [0.05, 0.1) is 12.8 Å². The molecule has 0 aliphatic carbocycles. The average molecular weight is 364 g/mol. The molecule has 3 rings (SSSR count). The van der Waals surface area contributed by atoms with E-state index in [1.54, 1.807) is 12.1 Å². The molecule has 0 saturated carbocycles. The number of rotatable bonds is 3. The Morgan fingerprint density at radius 3 is 2.75 bits per heavy atom. The third kappa shape index (κ3) is 3.58. The molecule has 0 aliphatic rings. The van der Waals surface area contributed by atoms with Gasteiger partial charge in [-0.05, 0) is 37.3 Å². The molecule has 0 fully saturated rings. The maximum Gasteiger partial charge on any atom is 0.341 e. The van der Waals surface area contributed by atoms with E-state index < -0.39 is 5.97 Å². The van der Waals surface area contributed by atoms with E-state index in [1.165, 1.54) is 13.3 Å². The summed E-state index contributed by atoms with van der Waals surface area (Å²) >= 11 is 6.02. The van der Waals surface area contributed by atoms with Gasteiger partial charge < -0.3 is 10.1 Å². The van der Waals surface area contributed by atoms with Crippen molar-refractivity contribution in [3.05, 3.63) is 58.9 Å². The zero-order chi connectivity index (χ0) is 16.4. The number of carbonyl (C=O) groups excluding carboxylic acids is 1. The van der Waals surface area contributed by atoms with E-state index in [1.807, 2.05) is 31.2 Å². The molecule has 124 valence electrons. The molecular weight excluding hydrogens is 349 g/mol. The zero-order valence-electron chi connectivity index (χ0n) is 13.0. The Morgan fingerprint density at radius 1 is 1.25 bits per heavy atom. The summed E-state index contributed by atoms with van der Waals surface area (Å²) in [6, 6.07) is 11.0. The molecule has 0 radical (unpaired) electrons. The van der Waals surface area contributed by atoms with E-state index in [2.05, 4.69) is 15.3 Å². The van der Waals surface area contributed by atoms with Crippen LogP contribution in [0.4, 0.5) is 11.4 Å². The highest BCUT2D eigenvalue weighted by Crippen LogP contribution is 2.30. The van der Waals surface area contributed by atoms with Crippen LogP contribution in [0, 0.1) is 6.92 Å². The molecule has 24 heavy (non-hydrogen) atoms. The Bertz CT molecular complexity index is 900. The van der Waals surface area contributed by atoms with Gasteiger partial charge in [-0.25, -0.2) is 14.8 Å². The minimum Gasteiger partial charge on any atom is -0.465 e. The van der Waals surface area contributed by atoms with Gasteiger partial charge in [-0.1, -0.05) is 17.7 Å². The van der Waals surface area contributed by atoms with Gasteiger partial charge in [0.2, 0.25) is 0 Å². The highest BCUT2D eigenvalue weighted by atomic mass is 35.5. The SMILES string of the molecule is COC(=O)c1cnc2nc(C)ccc2c1Nc1cccc(Cl)c1.Cl. The molecule has 2 aromatic heterocycles. The van der Waals surface area contributed by atoms with Crippen LogP contribution in [0.2, 0.25) is 5.02 Å². The van der Waals surface area contributed by atoms with Crippen molar-refractivity contribution in [2.75, 3.05) is 12.4 Å². The molecule has 0 bridgehead atoms. The number of pyridine rings is 2. The number of esters is 1. The van der Waals surface area contributed by atoms with Crippen LogP contribution in [-0.2, 0) is 4.74 Å². The smallest absolute Gasteiger partial charge is 0.341 e. The molecule has 0 unspecified atom stereocenters. The van der Waals surface area contributed by atoms with Gasteiger partial charge in [-0.2, -0.15) is 0 Å². The van der Waals surface area contributed by atoms with Gasteiger partial charge in [-0.3, -0.25) is 0 Å². The zero-order valence-corrected chi connectivity index (χ0v) is 14.6. The first kappa shape index (κ1) is 18.0. The topological polar surface area (TPSA) is 64.1 Å². The number of nitrogens with one attached hydrogen (secondary N) is 1. The average Bonchev–Trinajstić information content (AvgIpc) is 2.54. The van der Waals surface area contributed by atoms with Crippen molar-refractivity contribution >= 4 is 52.4 Å². The predicted octanol–water partition coefficient (Wildman–Crippen LogP) is 4.54. The number of hydrogen-bond donors (Lipinski definition) is 1. The van der Waals surface area contributed by atoms with Crippen LogP contribution in [-0.4, -0.2) is 23.0 Å². The number of hydrogen-bond acceptors (Lipinski definition) is 5. The highest BCUT2D eigenvalue weighted by molar-refractivity contribution is 6.30. The summed E-state index contributed by atoms with van der Waals surface area (Å²) in [5, 5.41) is 4.56. The van der Waals surface area contributed by atoms with Crippen LogP contribution in [0.5, 0.6) is 0 Å². The van der Waals surface area contributed by atoms with E-state index >= 15 is 0 Å². The quantitative estimate of drug-likeness (QED) is 0.691. The highest BCUT2D eigenvalue weighted by Gasteiger charge is 2.17. The number of fused-ring (bicyclic) bond motifs is 1. The molecule has 0 saturated heterocycles. The van der Waals surface area contributed by atoms with Gasteiger partial charge >= 0.3 is 5.97 Å². The van der Waals surface area contributed by atoms with Crippen molar-refractivity contribution in [1.29, 1.82) is 0 Å². The Labute approximate surface area is 150 Å². The van der Waals surface area contributed by atoms with E-state index in [-0.39, 0.29) is 12.4 Å². The van der Waals surface area contributed by atoms with Gasteiger partial charge in [0.15, 0.2) is 5.65 Å². The van der Waals surface area contributed by atoms with Crippen LogP contribution < -0.4 is 5.32 Å². The summed E-state index contributed by atoms with van der Waals surface area (Å²) in [5.41, 5.74) is 3.10. The summed E-state index contributed by atoms with van der Waals surface area (Å²) in [6.07, 6.45) is 1.47. The van der Waals surface area contributed by atoms with Crippen molar-refractivity contribution in [2.45, 2.75) is 6.92 Å². The van der Waals surface area contributed by atoms with Crippen LogP contribution in [0.1, 0.15) is 16.1 Å². The summed E-state index contributed by atoms with van der Waals surface area (Å²) < 4.78 is 4.85. The standard InChI is InChI=1S/C17H14ClN3O2.ClH/c1-10-6-7-13-15(21-12-5-3-4-11(18)8-12)14(17(22)23-2)9-19-16(13)20-10;/h3-9H,1-2H3,(H,19,20,21);1H. The van der Waals surface area contributed by atoms with E-state index in [9.17, 15) is 4.79 Å². The Balaban J connectivity index is 0.00000208. The van der Waals surface area contributed by atoms with Crippen molar-refractivity contribution in [1.82, 2.24) is 9.97 Å². The summed E-state index contributed by atoms with van der Waals surface area (Å²) in [4.78, 5) is 20.7. The molecular formula is C17H15Cl2N3O2. The van der Waals surface area contributed by atoms with Crippen LogP contribution >= 0.6 is 24.0 Å². The van der Waals surface area contributed by atoms with Crippen molar-refractivity contribution in [3.63, 3.8) is 0 Å². The summed E-state index contributed by atoms with van der Waals surface area (Å²) in [6.45, 7) is 1.89. The lowest BCUT2D eigenvalue weighted by Crippen LogP contribution is -2.07. The predicted molar refractivity (Wildman–Crippen MR) is 97.6 cm³/mol. The van der Waals surface area contributed by atoms with Crippen molar-refractivity contribution in [3.8, 4) is 0 Å². The fourth-order valence-corrected chi connectivity index (χ4v) is 2.47. The molecule has 7 heteroatoms. The number of aryl methyl sites for hydroxylation is 1. The van der Waals surface area contributed by atoms with Crippen LogP contribution in [0.25, 0.3) is 11.0 Å². The lowest BCUT2D eigenvalue weighted by Gasteiger charge is -2.13. The number of aromatic nitrogens is 2. The molecule has 1 aromatic carbocycles. The van der Waals surface area contributed by atoms with E-state index in [4.69, 9.17) is 16.3 Å². The summed E-state index contributed by atoms with van der Waals surface area (Å²) in [5.74, 6) is -0.468. The molecule has 0 atom stereocenters. The normalized spacial score (nSPS) is 10.1. The lowest BCUT2D eigenvalue weighted by molar-refractivity contribution is 0.0601. The van der Waals surface area contributed by atoms with Gasteiger partial charge in [0, 0.05) is 28.0 Å². The van der Waals surface area contributed by atoms with Crippen molar-refractivity contribution in [2.24, 2.45) is 0 Å². The number of anilines is 2. The first-order valence-corrected chi connectivity index (χ1v) is 7.33. The third-order valence-electron chi connectivity index (χ3n) is 3.37. The summed E-state index contributed by atoms with van der Waals surface area (Å²) in [7, 11) is 1.34. The fourth-order valence-electron chi connectivity index (χ4n) is 2.28. The minimum atomic E-state index is -0.468. The number of nitrogens with zero attached hydrogens (tertiary/aromatic N) is 2. The van der Waals surface area contributed by atoms with Crippen LogP contribution in [0.15, 0.2) is 42.6 Å². The fraction of sp³-hybridized carbons (Fsp3) is 0.118. The second-order valence-electron chi connectivity index (χ2n) is 5.00. The molecule has 0 aliphatic heterocycles. The Hall–Kier alpha value is -2.37. The van der Waals surface area contributed by atoms with E-state index in [0.29, 0.717) is 21.9 Å². The minimum absolute atomic E-state index is 0. The number of carbonyl (C=O) groups is 1. The molecule has 2 heterocycles. The molecule has 0 amide bonds. The second-order valence-corrected chi connectivity index (χ2v) is 5.43. The van der Waals surface area contributed by atoms with Crippen molar-refractivity contribution < 1.29 is 9.53 Å². The number of halogens is 2. The van der Waals surface area contributed by atoms with Crippen LogP contribution in [0.3, 0.4) is 0 Å². The van der Waals surface area contributed by atoms with Gasteiger partial charge in [0.25, 0.3) is 0 Å². The lowest BCUT2D eigenvalue weighted by atomic mass is 10.1. The van der Waals surface area contributed by atoms with Gasteiger partial charge in [0.1, 0.15) is 5.56 Å². The largest absolute Gasteiger partial charge is 0.465 e. The monoisotopic (exact) mass is 363 g/mol. The third-order valence-corrected chi connectivity index (χ3v) is 3.60.